The van der Waals surface area contributed by atoms with Crippen molar-refractivity contribution in [1.82, 2.24) is 10.2 Å². The van der Waals surface area contributed by atoms with Crippen LogP contribution in [0.25, 0.3) is 11.0 Å². The normalized spacial score (nSPS) is 16.2. The van der Waals surface area contributed by atoms with Crippen LogP contribution in [0.4, 0.5) is 10.5 Å². The molecular formula is C31H45N7O7. The summed E-state index contributed by atoms with van der Waals surface area (Å²) < 4.78 is 10.8. The van der Waals surface area contributed by atoms with E-state index in [1.165, 1.54) is 21.9 Å². The first kappa shape index (κ1) is 34.9. The van der Waals surface area contributed by atoms with E-state index in [0.29, 0.717) is 30.2 Å². The first-order chi connectivity index (χ1) is 21.0. The number of carbonyl (C=O) groups is 4. The smallest absolute Gasteiger partial charge is 0.408 e. The fourth-order valence-corrected chi connectivity index (χ4v) is 5.39. The summed E-state index contributed by atoms with van der Waals surface area (Å²) in [5.41, 5.74) is 16.6. The summed E-state index contributed by atoms with van der Waals surface area (Å²) in [5, 5.41) is 3.31. The van der Waals surface area contributed by atoms with Crippen molar-refractivity contribution in [3.05, 3.63) is 40.2 Å². The minimum Gasteiger partial charge on any atom is -0.444 e. The molecule has 1 saturated heterocycles. The zero-order valence-electron chi connectivity index (χ0n) is 26.8. The number of rotatable bonds is 11. The molecule has 1 aliphatic rings. The van der Waals surface area contributed by atoms with Crippen LogP contribution in [0.5, 0.6) is 0 Å². The van der Waals surface area contributed by atoms with Gasteiger partial charge < -0.3 is 36.6 Å². The highest BCUT2D eigenvalue weighted by Gasteiger charge is 2.43. The SMILES string of the molecule is Cc1cc(=O)oc2cc(N(C(=O)[C@@H]3CCCN3C(=O)[C@@H](NC(=O)OC(C)(C)C)C(C)C)[C@@H](CCCN=C(N)N)C(N)=O)ccc12. The molecule has 0 radical (unpaired) electrons. The molecule has 1 aromatic carbocycles. The number of hydrogen-bond donors (Lipinski definition) is 4. The summed E-state index contributed by atoms with van der Waals surface area (Å²) in [7, 11) is 0. The molecule has 0 aliphatic carbocycles. The van der Waals surface area contributed by atoms with Crippen molar-refractivity contribution in [3.63, 3.8) is 0 Å². The second-order valence-electron chi connectivity index (χ2n) is 12.6. The Morgan fingerprint density at radius 2 is 1.84 bits per heavy atom. The van der Waals surface area contributed by atoms with Crippen molar-refractivity contribution < 1.29 is 28.3 Å². The third kappa shape index (κ3) is 8.96. The first-order valence-electron chi connectivity index (χ1n) is 15.0. The molecule has 3 atom stereocenters. The zero-order valence-corrected chi connectivity index (χ0v) is 26.8. The van der Waals surface area contributed by atoms with Crippen molar-refractivity contribution in [2.45, 2.75) is 91.0 Å². The van der Waals surface area contributed by atoms with Gasteiger partial charge in [0.05, 0.1) is 0 Å². The quantitative estimate of drug-likeness (QED) is 0.124. The topological polar surface area (TPSA) is 217 Å². The molecule has 14 nitrogen and oxygen atoms in total. The van der Waals surface area contributed by atoms with Crippen LogP contribution in [-0.4, -0.2) is 71.5 Å². The lowest BCUT2D eigenvalue weighted by atomic mass is 10.0. The van der Waals surface area contributed by atoms with Gasteiger partial charge in [-0.05, 0) is 77.0 Å². The Hall–Kier alpha value is -4.62. The number of fused-ring (bicyclic) bond motifs is 1. The highest BCUT2D eigenvalue weighted by Crippen LogP contribution is 2.30. The van der Waals surface area contributed by atoms with Crippen molar-refractivity contribution in [2.24, 2.45) is 28.1 Å². The van der Waals surface area contributed by atoms with Crippen LogP contribution in [-0.2, 0) is 19.1 Å². The monoisotopic (exact) mass is 627 g/mol. The molecule has 1 aromatic heterocycles. The van der Waals surface area contributed by atoms with Crippen LogP contribution in [0.3, 0.4) is 0 Å². The highest BCUT2D eigenvalue weighted by atomic mass is 16.6. The molecule has 14 heteroatoms. The molecule has 0 saturated carbocycles. The Kier molecular flexibility index (Phi) is 11.2. The van der Waals surface area contributed by atoms with E-state index in [-0.39, 0.29) is 42.7 Å². The van der Waals surface area contributed by atoms with Crippen LogP contribution in [0.15, 0.2) is 38.5 Å². The number of hydrogen-bond acceptors (Lipinski definition) is 8. The average molecular weight is 628 g/mol. The number of nitrogens with two attached hydrogens (primary N) is 3. The van der Waals surface area contributed by atoms with E-state index in [1.807, 2.05) is 0 Å². The molecule has 7 N–H and O–H groups in total. The van der Waals surface area contributed by atoms with Gasteiger partial charge in [0.15, 0.2) is 5.96 Å². The summed E-state index contributed by atoms with van der Waals surface area (Å²) >= 11 is 0. The summed E-state index contributed by atoms with van der Waals surface area (Å²) in [6.45, 7) is 10.9. The van der Waals surface area contributed by atoms with Gasteiger partial charge >= 0.3 is 11.7 Å². The molecule has 45 heavy (non-hydrogen) atoms. The minimum absolute atomic E-state index is 0.113. The molecule has 3 rings (SSSR count). The Balaban J connectivity index is 2.03. The summed E-state index contributed by atoms with van der Waals surface area (Å²) in [6.07, 6.45) is 0.522. The first-order valence-corrected chi connectivity index (χ1v) is 15.0. The van der Waals surface area contributed by atoms with Gasteiger partial charge in [-0.1, -0.05) is 13.8 Å². The summed E-state index contributed by atoms with van der Waals surface area (Å²) in [4.78, 5) is 72.7. The number of benzene rings is 1. The summed E-state index contributed by atoms with van der Waals surface area (Å²) in [5.74, 6) is -2.20. The molecule has 4 amide bonds. The van der Waals surface area contributed by atoms with Crippen LogP contribution < -0.4 is 33.0 Å². The number of guanidine groups is 1. The van der Waals surface area contributed by atoms with Gasteiger partial charge in [0.25, 0.3) is 5.91 Å². The van der Waals surface area contributed by atoms with Gasteiger partial charge in [0, 0.05) is 36.3 Å². The van der Waals surface area contributed by atoms with Gasteiger partial charge in [-0.2, -0.15) is 0 Å². The highest BCUT2D eigenvalue weighted by molar-refractivity contribution is 6.05. The molecule has 0 bridgehead atoms. The Bertz CT molecular complexity index is 1510. The van der Waals surface area contributed by atoms with Crippen LogP contribution in [0.1, 0.15) is 65.9 Å². The number of ether oxygens (including phenoxy) is 1. The second kappa shape index (κ2) is 14.4. The van der Waals surface area contributed by atoms with E-state index in [9.17, 15) is 24.0 Å². The van der Waals surface area contributed by atoms with Crippen molar-refractivity contribution >= 4 is 46.4 Å². The van der Waals surface area contributed by atoms with Crippen LogP contribution >= 0.6 is 0 Å². The number of amides is 4. The number of nitrogens with one attached hydrogen (secondary N) is 1. The lowest BCUT2D eigenvalue weighted by Crippen LogP contribution is -2.58. The maximum atomic E-state index is 14.5. The van der Waals surface area contributed by atoms with E-state index < -0.39 is 53.2 Å². The molecule has 0 spiro atoms. The van der Waals surface area contributed by atoms with E-state index in [2.05, 4.69) is 10.3 Å². The number of carbonyl (C=O) groups excluding carboxylic acids is 4. The average Bonchev–Trinajstić information content (AvgIpc) is 3.41. The third-order valence-electron chi connectivity index (χ3n) is 7.45. The van der Waals surface area contributed by atoms with E-state index >= 15 is 0 Å². The Morgan fingerprint density at radius 3 is 2.44 bits per heavy atom. The molecule has 1 fully saturated rings. The lowest BCUT2D eigenvalue weighted by molar-refractivity contribution is -0.140. The van der Waals surface area contributed by atoms with Gasteiger partial charge in [-0.25, -0.2) is 9.59 Å². The van der Waals surface area contributed by atoms with Gasteiger partial charge in [0.1, 0.15) is 29.3 Å². The molecule has 2 aromatic rings. The maximum Gasteiger partial charge on any atom is 0.408 e. The fourth-order valence-electron chi connectivity index (χ4n) is 5.39. The van der Waals surface area contributed by atoms with Crippen LogP contribution in [0.2, 0.25) is 0 Å². The van der Waals surface area contributed by atoms with Crippen molar-refractivity contribution in [1.29, 1.82) is 0 Å². The second-order valence-corrected chi connectivity index (χ2v) is 12.6. The minimum atomic E-state index is -1.14. The number of aliphatic imine (C=N–C) groups is 1. The van der Waals surface area contributed by atoms with Gasteiger partial charge in [-0.15, -0.1) is 0 Å². The fraction of sp³-hybridized carbons (Fsp3) is 0.548. The largest absolute Gasteiger partial charge is 0.444 e. The predicted octanol–water partition coefficient (Wildman–Crippen LogP) is 1.88. The number of anilines is 1. The predicted molar refractivity (Wildman–Crippen MR) is 170 cm³/mol. The molecular weight excluding hydrogens is 582 g/mol. The molecule has 2 heterocycles. The number of likely N-dealkylation sites (tertiary alicyclic amines) is 1. The number of alkyl carbamates (subject to hydrolysis) is 1. The third-order valence-corrected chi connectivity index (χ3v) is 7.45. The number of aryl methyl sites for hydroxylation is 1. The van der Waals surface area contributed by atoms with Gasteiger partial charge in [-0.3, -0.25) is 24.3 Å². The molecule has 1 aliphatic heterocycles. The van der Waals surface area contributed by atoms with Gasteiger partial charge in [0.2, 0.25) is 11.8 Å². The van der Waals surface area contributed by atoms with E-state index in [1.54, 1.807) is 53.7 Å². The standard InChI is InChI=1S/C31H45N7O7/c1-17(2)25(36-30(43)45-31(4,5)6)28(42)37-14-8-10-22(37)27(41)38(21(26(32)40)9-7-13-35-29(33)34)19-11-12-20-18(3)15-24(39)44-23(20)16-19/h11-12,15-17,21-22,25H,7-10,13-14H2,1-6H3,(H2,32,40)(H,36,43)(H4,33,34,35)/t21-,22-,25-/m0/s1. The van der Waals surface area contributed by atoms with Crippen molar-refractivity contribution in [3.8, 4) is 0 Å². The Morgan fingerprint density at radius 1 is 1.16 bits per heavy atom. The zero-order chi connectivity index (χ0) is 33.6. The van der Waals surface area contributed by atoms with E-state index in [4.69, 9.17) is 26.4 Å². The number of primary amides is 1. The summed E-state index contributed by atoms with van der Waals surface area (Å²) in [6, 6.07) is 3.14. The lowest BCUT2D eigenvalue weighted by Gasteiger charge is -2.36. The molecule has 246 valence electrons. The van der Waals surface area contributed by atoms with Crippen LogP contribution in [0, 0.1) is 12.8 Å². The molecule has 0 unspecified atom stereocenters. The van der Waals surface area contributed by atoms with Crippen molar-refractivity contribution in [2.75, 3.05) is 18.0 Å². The Labute approximate surface area is 262 Å². The maximum absolute atomic E-state index is 14.5. The van der Waals surface area contributed by atoms with E-state index in [0.717, 1.165) is 0 Å². The number of nitrogens with zero attached hydrogens (tertiary/aromatic N) is 3.